The lowest BCUT2D eigenvalue weighted by Crippen LogP contribution is -2.40. The molecule has 36 heavy (non-hydrogen) atoms. The number of rotatable bonds is 7. The molecule has 1 aliphatic rings. The molecule has 0 aliphatic carbocycles. The minimum Gasteiger partial charge on any atom is -0.490 e. The Morgan fingerprint density at radius 1 is 1.08 bits per heavy atom. The van der Waals surface area contributed by atoms with Crippen LogP contribution in [0.2, 0.25) is 0 Å². The molecular formula is C28H30N2O4S2. The minimum absolute atomic E-state index is 0.00204. The van der Waals surface area contributed by atoms with Crippen molar-refractivity contribution in [2.24, 2.45) is 4.99 Å². The Kier molecular flexibility index (Phi) is 7.85. The van der Waals surface area contributed by atoms with Crippen LogP contribution in [0.3, 0.4) is 0 Å². The third kappa shape index (κ3) is 5.34. The van der Waals surface area contributed by atoms with E-state index < -0.39 is 12.0 Å². The normalized spacial score (nSPS) is 15.8. The number of carbonyl (C=O) groups excluding carboxylic acids is 1. The molecule has 2 aromatic carbocycles. The van der Waals surface area contributed by atoms with Gasteiger partial charge in [0.05, 0.1) is 34.1 Å². The van der Waals surface area contributed by atoms with E-state index in [-0.39, 0.29) is 17.8 Å². The van der Waals surface area contributed by atoms with Gasteiger partial charge in [0.1, 0.15) is 5.75 Å². The van der Waals surface area contributed by atoms with Crippen LogP contribution in [0, 0.1) is 0 Å². The number of aromatic nitrogens is 1. The molecule has 0 radical (unpaired) electrons. The summed E-state index contributed by atoms with van der Waals surface area (Å²) in [6.07, 6.45) is 3.55. The van der Waals surface area contributed by atoms with Crippen LogP contribution >= 0.6 is 23.1 Å². The van der Waals surface area contributed by atoms with Crippen LogP contribution in [-0.2, 0) is 9.53 Å². The first kappa shape index (κ1) is 26.0. The zero-order valence-corrected chi connectivity index (χ0v) is 22.9. The van der Waals surface area contributed by atoms with Gasteiger partial charge in [0.25, 0.3) is 5.56 Å². The maximum absolute atomic E-state index is 13.8. The van der Waals surface area contributed by atoms with Crippen molar-refractivity contribution < 1.29 is 14.3 Å². The third-order valence-corrected chi connectivity index (χ3v) is 7.31. The second-order valence-electron chi connectivity index (χ2n) is 9.01. The minimum atomic E-state index is -0.632. The monoisotopic (exact) mass is 522 g/mol. The molecule has 6 nitrogen and oxygen atoms in total. The van der Waals surface area contributed by atoms with Crippen LogP contribution in [-0.4, -0.2) is 29.0 Å². The third-order valence-electron chi connectivity index (χ3n) is 5.58. The molecule has 0 saturated heterocycles. The van der Waals surface area contributed by atoms with Crippen LogP contribution in [0.4, 0.5) is 0 Å². The van der Waals surface area contributed by atoms with Crippen molar-refractivity contribution in [3.8, 4) is 5.75 Å². The van der Waals surface area contributed by atoms with Crippen LogP contribution in [0.15, 0.2) is 74.5 Å². The second-order valence-corrected chi connectivity index (χ2v) is 10.9. The SMILES string of the molecule is CSc1ccc([C@H]2C(C(=O)OC(C)C)=C(C)N=c3s/c(=C\c4ccccc4OC(C)C)c(=O)n32)cc1. The number of carbonyl (C=O) groups is 1. The van der Waals surface area contributed by atoms with Crippen molar-refractivity contribution in [2.75, 3.05) is 6.26 Å². The Hall–Kier alpha value is -3.10. The molecule has 0 spiro atoms. The van der Waals surface area contributed by atoms with Gasteiger partial charge in [-0.25, -0.2) is 9.79 Å². The summed E-state index contributed by atoms with van der Waals surface area (Å²) in [5.74, 6) is 0.245. The molecule has 0 unspecified atom stereocenters. The number of fused-ring (bicyclic) bond motifs is 1. The van der Waals surface area contributed by atoms with Crippen molar-refractivity contribution in [1.29, 1.82) is 0 Å². The van der Waals surface area contributed by atoms with Gasteiger partial charge in [-0.3, -0.25) is 9.36 Å². The summed E-state index contributed by atoms with van der Waals surface area (Å²) < 4.78 is 13.6. The highest BCUT2D eigenvalue weighted by Gasteiger charge is 2.33. The van der Waals surface area contributed by atoms with Gasteiger partial charge in [0, 0.05) is 10.5 Å². The average Bonchev–Trinajstić information content (AvgIpc) is 3.13. The van der Waals surface area contributed by atoms with E-state index in [0.29, 0.717) is 26.4 Å². The highest BCUT2D eigenvalue weighted by molar-refractivity contribution is 7.98. The van der Waals surface area contributed by atoms with Crippen molar-refractivity contribution >= 4 is 35.1 Å². The van der Waals surface area contributed by atoms with E-state index in [1.807, 2.05) is 88.6 Å². The van der Waals surface area contributed by atoms with E-state index in [2.05, 4.69) is 4.99 Å². The van der Waals surface area contributed by atoms with Crippen molar-refractivity contribution in [2.45, 2.75) is 57.8 Å². The number of esters is 1. The molecular weight excluding hydrogens is 492 g/mol. The Bertz CT molecular complexity index is 1480. The molecule has 3 aromatic rings. The number of para-hydroxylation sites is 1. The summed E-state index contributed by atoms with van der Waals surface area (Å²) >= 11 is 2.94. The zero-order chi connectivity index (χ0) is 26.0. The maximum Gasteiger partial charge on any atom is 0.338 e. The molecule has 1 aliphatic heterocycles. The first-order valence-corrected chi connectivity index (χ1v) is 13.9. The number of hydrogen-bond donors (Lipinski definition) is 0. The van der Waals surface area contributed by atoms with E-state index >= 15 is 0 Å². The van der Waals surface area contributed by atoms with E-state index in [4.69, 9.17) is 9.47 Å². The summed E-state index contributed by atoms with van der Waals surface area (Å²) in [5.41, 5.74) is 2.36. The van der Waals surface area contributed by atoms with Gasteiger partial charge in [0.15, 0.2) is 4.80 Å². The smallest absolute Gasteiger partial charge is 0.338 e. The van der Waals surface area contributed by atoms with E-state index in [0.717, 1.165) is 16.0 Å². The molecule has 0 amide bonds. The highest BCUT2D eigenvalue weighted by Crippen LogP contribution is 2.32. The topological polar surface area (TPSA) is 69.9 Å². The summed E-state index contributed by atoms with van der Waals surface area (Å²) in [5, 5.41) is 0. The highest BCUT2D eigenvalue weighted by atomic mass is 32.2. The summed E-state index contributed by atoms with van der Waals surface area (Å²) in [7, 11) is 0. The number of benzene rings is 2. The predicted molar refractivity (Wildman–Crippen MR) is 145 cm³/mol. The number of hydrogen-bond acceptors (Lipinski definition) is 7. The van der Waals surface area contributed by atoms with Gasteiger partial charge < -0.3 is 9.47 Å². The number of thiazole rings is 1. The summed E-state index contributed by atoms with van der Waals surface area (Å²) in [4.78, 5) is 33.3. The van der Waals surface area contributed by atoms with Gasteiger partial charge in [-0.15, -0.1) is 11.8 Å². The molecule has 8 heteroatoms. The zero-order valence-electron chi connectivity index (χ0n) is 21.3. The van der Waals surface area contributed by atoms with E-state index in [1.165, 1.54) is 11.3 Å². The number of allylic oxidation sites excluding steroid dienone is 1. The Morgan fingerprint density at radius 3 is 2.42 bits per heavy atom. The lowest BCUT2D eigenvalue weighted by atomic mass is 9.96. The fourth-order valence-corrected chi connectivity index (χ4v) is 5.51. The average molecular weight is 523 g/mol. The van der Waals surface area contributed by atoms with Gasteiger partial charge >= 0.3 is 5.97 Å². The Balaban J connectivity index is 1.92. The molecule has 0 bridgehead atoms. The second kappa shape index (κ2) is 10.9. The Morgan fingerprint density at radius 2 is 1.78 bits per heavy atom. The van der Waals surface area contributed by atoms with E-state index in [9.17, 15) is 9.59 Å². The molecule has 1 atom stereocenters. The molecule has 0 saturated carbocycles. The predicted octanol–water partition coefficient (Wildman–Crippen LogP) is 4.70. The molecule has 188 valence electrons. The molecule has 4 rings (SSSR count). The largest absolute Gasteiger partial charge is 0.490 e. The first-order chi connectivity index (χ1) is 17.2. The Labute approximate surface area is 219 Å². The van der Waals surface area contributed by atoms with Crippen LogP contribution in [0.1, 0.15) is 51.8 Å². The molecule has 2 heterocycles. The summed E-state index contributed by atoms with van der Waals surface area (Å²) in [6, 6.07) is 14.9. The molecule has 1 aromatic heterocycles. The van der Waals surface area contributed by atoms with Crippen molar-refractivity contribution in [3.63, 3.8) is 0 Å². The summed E-state index contributed by atoms with van der Waals surface area (Å²) in [6.45, 7) is 9.34. The van der Waals surface area contributed by atoms with Crippen LogP contribution in [0.25, 0.3) is 6.08 Å². The maximum atomic E-state index is 13.8. The van der Waals surface area contributed by atoms with Crippen molar-refractivity contribution in [1.82, 2.24) is 4.57 Å². The lowest BCUT2D eigenvalue weighted by molar-refractivity contribution is -0.143. The standard InChI is InChI=1S/C28H30N2O4S2/c1-16(2)33-22-10-8-7-9-20(22)15-23-26(31)30-25(19-11-13-21(35-6)14-12-19)24(27(32)34-17(3)4)18(5)29-28(30)36-23/h7-17,25H,1-6H3/b23-15-/t25-/m0/s1. The fraction of sp³-hybridized carbons (Fsp3) is 0.321. The number of nitrogens with zero attached hydrogens (tertiary/aromatic N) is 2. The number of ether oxygens (including phenoxy) is 2. The molecule has 0 N–H and O–H groups in total. The first-order valence-electron chi connectivity index (χ1n) is 11.8. The van der Waals surface area contributed by atoms with Gasteiger partial charge in [-0.05, 0) is 70.7 Å². The van der Waals surface area contributed by atoms with E-state index in [1.54, 1.807) is 23.3 Å². The fourth-order valence-electron chi connectivity index (χ4n) is 4.06. The van der Waals surface area contributed by atoms with Crippen molar-refractivity contribution in [3.05, 3.63) is 90.6 Å². The quantitative estimate of drug-likeness (QED) is 0.332. The lowest BCUT2D eigenvalue weighted by Gasteiger charge is -2.25. The molecule has 0 fully saturated rings. The van der Waals surface area contributed by atoms with Gasteiger partial charge in [0.2, 0.25) is 0 Å². The van der Waals surface area contributed by atoms with Crippen LogP contribution in [0.5, 0.6) is 5.75 Å². The number of thioether (sulfide) groups is 1. The van der Waals surface area contributed by atoms with Crippen LogP contribution < -0.4 is 19.6 Å². The van der Waals surface area contributed by atoms with Gasteiger partial charge in [-0.2, -0.15) is 0 Å². The van der Waals surface area contributed by atoms with Gasteiger partial charge in [-0.1, -0.05) is 41.7 Å².